The first kappa shape index (κ1) is 17.3. The molecule has 21 heavy (non-hydrogen) atoms. The van der Waals surface area contributed by atoms with Gasteiger partial charge in [-0.2, -0.15) is 8.78 Å². The second-order valence-electron chi connectivity index (χ2n) is 3.99. The van der Waals surface area contributed by atoms with Crippen molar-refractivity contribution in [2.45, 2.75) is 24.5 Å². The number of carbonyl (C=O) groups excluding carboxylic acids is 1. The van der Waals surface area contributed by atoms with Crippen molar-refractivity contribution >= 4 is 15.9 Å². The first-order valence-electron chi connectivity index (χ1n) is 5.94. The van der Waals surface area contributed by atoms with E-state index in [-0.39, 0.29) is 10.6 Å². The SMILES string of the molecule is CCS(=O)(=O)c1ccc(C(COC(F)F)OC(N)=O)cc1. The van der Waals surface area contributed by atoms with Crippen LogP contribution in [0, 0.1) is 0 Å². The zero-order chi connectivity index (χ0) is 16.0. The van der Waals surface area contributed by atoms with E-state index in [9.17, 15) is 22.0 Å². The van der Waals surface area contributed by atoms with Crippen LogP contribution in [0.3, 0.4) is 0 Å². The predicted octanol–water partition coefficient (Wildman–Crippen LogP) is 1.86. The number of primary amides is 1. The van der Waals surface area contributed by atoms with Crippen LogP contribution < -0.4 is 5.73 Å². The molecule has 0 fully saturated rings. The largest absolute Gasteiger partial charge is 0.439 e. The number of rotatable bonds is 7. The van der Waals surface area contributed by atoms with Gasteiger partial charge < -0.3 is 15.2 Å². The second-order valence-corrected chi connectivity index (χ2v) is 6.27. The highest BCUT2D eigenvalue weighted by molar-refractivity contribution is 7.91. The Morgan fingerprint density at radius 1 is 1.29 bits per heavy atom. The molecular weight excluding hydrogens is 308 g/mol. The van der Waals surface area contributed by atoms with Gasteiger partial charge in [0.1, 0.15) is 0 Å². The van der Waals surface area contributed by atoms with E-state index < -0.39 is 35.3 Å². The summed E-state index contributed by atoms with van der Waals surface area (Å²) >= 11 is 0. The van der Waals surface area contributed by atoms with Crippen LogP contribution in [0.1, 0.15) is 18.6 Å². The van der Waals surface area contributed by atoms with Crippen molar-refractivity contribution in [3.63, 3.8) is 0 Å². The molecule has 0 aliphatic rings. The number of hydrogen-bond acceptors (Lipinski definition) is 5. The van der Waals surface area contributed by atoms with Gasteiger partial charge in [-0.05, 0) is 17.7 Å². The molecular formula is C12H15F2NO5S. The molecule has 1 aromatic rings. The predicted molar refractivity (Wildman–Crippen MR) is 69.5 cm³/mol. The zero-order valence-corrected chi connectivity index (χ0v) is 12.0. The summed E-state index contributed by atoms with van der Waals surface area (Å²) in [4.78, 5) is 10.8. The summed E-state index contributed by atoms with van der Waals surface area (Å²) in [6.07, 6.45) is -2.29. The fourth-order valence-electron chi connectivity index (χ4n) is 1.56. The Bertz CT molecular complexity index is 574. The third kappa shape index (κ3) is 5.27. The number of hydrogen-bond donors (Lipinski definition) is 1. The van der Waals surface area contributed by atoms with E-state index >= 15 is 0 Å². The Hall–Kier alpha value is -1.74. The van der Waals surface area contributed by atoms with Crippen molar-refractivity contribution in [1.82, 2.24) is 0 Å². The molecule has 0 saturated carbocycles. The van der Waals surface area contributed by atoms with Gasteiger partial charge in [-0.3, -0.25) is 0 Å². The van der Waals surface area contributed by atoms with E-state index in [0.717, 1.165) is 0 Å². The number of sulfone groups is 1. The fraction of sp³-hybridized carbons (Fsp3) is 0.417. The summed E-state index contributed by atoms with van der Waals surface area (Å²) in [6, 6.07) is 5.30. The van der Waals surface area contributed by atoms with Crippen molar-refractivity contribution in [3.8, 4) is 0 Å². The van der Waals surface area contributed by atoms with Gasteiger partial charge in [0.05, 0.1) is 17.3 Å². The minimum atomic E-state index is -3.37. The first-order chi connectivity index (χ1) is 9.76. The standard InChI is InChI=1S/C12H15F2NO5S/c1-2-21(17,18)9-5-3-8(4-6-9)10(20-12(15)16)7-19-11(13)14/h3-6,10-11H,2,7H2,1H3,(H2,15,16). The van der Waals surface area contributed by atoms with Crippen LogP contribution in [-0.4, -0.2) is 33.5 Å². The molecule has 1 rings (SSSR count). The molecule has 1 aromatic carbocycles. The smallest absolute Gasteiger partial charge is 0.405 e. The minimum Gasteiger partial charge on any atom is -0.439 e. The summed E-state index contributed by atoms with van der Waals surface area (Å²) < 4.78 is 56.1. The highest BCUT2D eigenvalue weighted by Crippen LogP contribution is 2.21. The number of halogens is 2. The van der Waals surface area contributed by atoms with Crippen molar-refractivity contribution < 1.29 is 31.5 Å². The topological polar surface area (TPSA) is 95.7 Å². The summed E-state index contributed by atoms with van der Waals surface area (Å²) in [6.45, 7) is -2.12. The Labute approximate surface area is 120 Å². The number of benzene rings is 1. The molecule has 0 aliphatic carbocycles. The Morgan fingerprint density at radius 2 is 1.86 bits per heavy atom. The second kappa shape index (κ2) is 7.32. The first-order valence-corrected chi connectivity index (χ1v) is 7.60. The zero-order valence-electron chi connectivity index (χ0n) is 11.2. The van der Waals surface area contributed by atoms with Crippen LogP contribution in [0.2, 0.25) is 0 Å². The monoisotopic (exact) mass is 323 g/mol. The number of amides is 1. The van der Waals surface area contributed by atoms with Crippen LogP contribution in [0.5, 0.6) is 0 Å². The lowest BCUT2D eigenvalue weighted by molar-refractivity contribution is -0.148. The number of carbonyl (C=O) groups is 1. The molecule has 0 spiro atoms. The fourth-order valence-corrected chi connectivity index (χ4v) is 2.44. The maximum Gasteiger partial charge on any atom is 0.405 e. The summed E-state index contributed by atoms with van der Waals surface area (Å²) in [5.74, 6) is -0.0674. The average molecular weight is 323 g/mol. The summed E-state index contributed by atoms with van der Waals surface area (Å²) in [5, 5.41) is 0. The van der Waals surface area contributed by atoms with E-state index in [0.29, 0.717) is 5.56 Å². The molecule has 0 heterocycles. The van der Waals surface area contributed by atoms with Crippen molar-refractivity contribution in [1.29, 1.82) is 0 Å². The molecule has 6 nitrogen and oxygen atoms in total. The van der Waals surface area contributed by atoms with E-state index in [1.165, 1.54) is 31.2 Å². The van der Waals surface area contributed by atoms with Crippen LogP contribution >= 0.6 is 0 Å². The number of nitrogens with two attached hydrogens (primary N) is 1. The van der Waals surface area contributed by atoms with Gasteiger partial charge in [-0.15, -0.1) is 0 Å². The van der Waals surface area contributed by atoms with Gasteiger partial charge in [0.25, 0.3) is 0 Å². The molecule has 0 aromatic heterocycles. The van der Waals surface area contributed by atoms with Gasteiger partial charge in [-0.25, -0.2) is 13.2 Å². The van der Waals surface area contributed by atoms with E-state index in [1.54, 1.807) is 0 Å². The maximum absolute atomic E-state index is 12.0. The van der Waals surface area contributed by atoms with Crippen molar-refractivity contribution in [2.75, 3.05) is 12.4 Å². The molecule has 118 valence electrons. The highest BCUT2D eigenvalue weighted by atomic mass is 32.2. The summed E-state index contributed by atoms with van der Waals surface area (Å²) in [5.41, 5.74) is 5.15. The van der Waals surface area contributed by atoms with Crippen LogP contribution in [0.25, 0.3) is 0 Å². The van der Waals surface area contributed by atoms with Crippen LogP contribution in [0.15, 0.2) is 29.2 Å². The van der Waals surface area contributed by atoms with Crippen LogP contribution in [0.4, 0.5) is 13.6 Å². The normalized spacial score (nSPS) is 13.1. The Kier molecular flexibility index (Phi) is 6.03. The van der Waals surface area contributed by atoms with Crippen molar-refractivity contribution in [3.05, 3.63) is 29.8 Å². The Morgan fingerprint density at radius 3 is 2.29 bits per heavy atom. The lowest BCUT2D eigenvalue weighted by atomic mass is 10.1. The van der Waals surface area contributed by atoms with Gasteiger partial charge in [0.15, 0.2) is 15.9 Å². The molecule has 9 heteroatoms. The maximum atomic E-state index is 12.0. The quantitative estimate of drug-likeness (QED) is 0.826. The molecule has 1 unspecified atom stereocenters. The van der Waals surface area contributed by atoms with Gasteiger partial charge >= 0.3 is 12.7 Å². The molecule has 0 bridgehead atoms. The van der Waals surface area contributed by atoms with Crippen molar-refractivity contribution in [2.24, 2.45) is 5.73 Å². The third-order valence-corrected chi connectivity index (χ3v) is 4.37. The average Bonchev–Trinajstić information content (AvgIpc) is 2.43. The number of ether oxygens (including phenoxy) is 2. The van der Waals surface area contributed by atoms with Gasteiger partial charge in [-0.1, -0.05) is 19.1 Å². The minimum absolute atomic E-state index is 0.0674. The highest BCUT2D eigenvalue weighted by Gasteiger charge is 2.19. The molecule has 0 aliphatic heterocycles. The summed E-state index contributed by atoms with van der Waals surface area (Å²) in [7, 11) is -3.37. The van der Waals surface area contributed by atoms with Gasteiger partial charge in [0, 0.05) is 0 Å². The Balaban J connectivity index is 2.95. The molecule has 0 radical (unpaired) electrons. The van der Waals surface area contributed by atoms with E-state index in [1.807, 2.05) is 0 Å². The van der Waals surface area contributed by atoms with Gasteiger partial charge in [0.2, 0.25) is 0 Å². The number of alkyl halides is 2. The molecule has 1 atom stereocenters. The third-order valence-electron chi connectivity index (χ3n) is 2.62. The van der Waals surface area contributed by atoms with E-state index in [2.05, 4.69) is 9.47 Å². The lowest BCUT2D eigenvalue weighted by Gasteiger charge is -2.17. The lowest BCUT2D eigenvalue weighted by Crippen LogP contribution is -2.22. The van der Waals surface area contributed by atoms with Crippen LogP contribution in [-0.2, 0) is 19.3 Å². The molecule has 0 saturated heterocycles. The van der Waals surface area contributed by atoms with E-state index in [4.69, 9.17) is 5.73 Å². The molecule has 2 N–H and O–H groups in total. The molecule has 1 amide bonds.